The maximum Gasteiger partial charge on any atom is 0.268 e. The summed E-state index contributed by atoms with van der Waals surface area (Å²) in [5.41, 5.74) is 3.91. The van der Waals surface area contributed by atoms with Crippen LogP contribution in [0.4, 0.5) is 0 Å². The van der Waals surface area contributed by atoms with E-state index in [1.54, 1.807) is 18.2 Å². The number of aromatic nitrogens is 1. The van der Waals surface area contributed by atoms with Crippen molar-refractivity contribution in [1.29, 1.82) is 0 Å². The lowest BCUT2D eigenvalue weighted by atomic mass is 9.98. The number of fused-ring (bicyclic) bond motifs is 3. The molecular formula is C27H35NO4SSi. The number of carbonyl (C=O) groups is 1. The summed E-state index contributed by atoms with van der Waals surface area (Å²) in [6.45, 7) is 13.0. The Morgan fingerprint density at radius 3 is 2.29 bits per heavy atom. The van der Waals surface area contributed by atoms with Crippen LogP contribution >= 0.6 is 0 Å². The van der Waals surface area contributed by atoms with Crippen LogP contribution in [0.15, 0.2) is 47.4 Å². The molecule has 1 aliphatic rings. The summed E-state index contributed by atoms with van der Waals surface area (Å²) in [5.74, 6) is 0.141. The highest BCUT2D eigenvalue weighted by Gasteiger charge is 2.38. The minimum absolute atomic E-state index is 0.00315. The van der Waals surface area contributed by atoms with Gasteiger partial charge >= 0.3 is 0 Å². The second kappa shape index (κ2) is 8.77. The Balaban J connectivity index is 1.93. The Hall–Kier alpha value is -2.22. The molecule has 0 radical (unpaired) electrons. The van der Waals surface area contributed by atoms with Gasteiger partial charge in [-0.2, -0.15) is 0 Å². The van der Waals surface area contributed by atoms with Crippen molar-refractivity contribution in [2.45, 2.75) is 83.0 Å². The molecule has 0 fully saturated rings. The molecule has 0 saturated heterocycles. The van der Waals surface area contributed by atoms with E-state index < -0.39 is 18.3 Å². The van der Waals surface area contributed by atoms with E-state index in [-0.39, 0.29) is 22.3 Å². The van der Waals surface area contributed by atoms with Gasteiger partial charge in [0.1, 0.15) is 0 Å². The number of rotatable bonds is 5. The Labute approximate surface area is 204 Å². The lowest BCUT2D eigenvalue weighted by Crippen LogP contribution is -2.40. The van der Waals surface area contributed by atoms with E-state index in [0.29, 0.717) is 17.6 Å². The first-order chi connectivity index (χ1) is 15.8. The standard InChI is InChI=1S/C27H35NO4SSi/c1-19-11-13-21(14-12-19)33(30,31)28-20(18-32-34(5,6)27(2,3)4)17-24-22-9-7-8-10-26(29)23(22)15-16-25(24)28/h11-17H,7-10,18H2,1-6H3. The molecule has 5 nitrogen and oxygen atoms in total. The maximum atomic E-state index is 13.9. The highest BCUT2D eigenvalue weighted by atomic mass is 32.2. The lowest BCUT2D eigenvalue weighted by molar-refractivity contribution is 0.0982. The number of hydrogen-bond donors (Lipinski definition) is 0. The Morgan fingerprint density at radius 1 is 1.00 bits per heavy atom. The van der Waals surface area contributed by atoms with Crippen molar-refractivity contribution in [2.24, 2.45) is 0 Å². The van der Waals surface area contributed by atoms with Crippen LogP contribution in [0, 0.1) is 6.92 Å². The number of hydrogen-bond acceptors (Lipinski definition) is 4. The van der Waals surface area contributed by atoms with Crippen molar-refractivity contribution in [1.82, 2.24) is 3.97 Å². The van der Waals surface area contributed by atoms with Gasteiger partial charge in [0.2, 0.25) is 0 Å². The fourth-order valence-electron chi connectivity index (χ4n) is 4.29. The average Bonchev–Trinajstić information content (AvgIpc) is 3.04. The van der Waals surface area contributed by atoms with Gasteiger partial charge in [0.15, 0.2) is 14.1 Å². The van der Waals surface area contributed by atoms with Crippen LogP contribution in [-0.4, -0.2) is 26.5 Å². The summed E-state index contributed by atoms with van der Waals surface area (Å²) in [5, 5.41) is 0.848. The molecule has 0 saturated carbocycles. The van der Waals surface area contributed by atoms with Gasteiger partial charge in [-0.05, 0) is 80.2 Å². The van der Waals surface area contributed by atoms with E-state index in [0.717, 1.165) is 41.3 Å². The van der Waals surface area contributed by atoms with Gasteiger partial charge in [-0.3, -0.25) is 4.79 Å². The van der Waals surface area contributed by atoms with Gasteiger partial charge in [0.05, 0.1) is 22.7 Å². The van der Waals surface area contributed by atoms with Gasteiger partial charge in [-0.15, -0.1) is 0 Å². The van der Waals surface area contributed by atoms with Crippen LogP contribution < -0.4 is 0 Å². The molecule has 0 spiro atoms. The maximum absolute atomic E-state index is 13.9. The van der Waals surface area contributed by atoms with Crippen molar-refractivity contribution in [2.75, 3.05) is 0 Å². The minimum atomic E-state index is -3.85. The molecule has 2 aromatic carbocycles. The van der Waals surface area contributed by atoms with Crippen LogP contribution in [-0.2, 0) is 27.5 Å². The summed E-state index contributed by atoms with van der Waals surface area (Å²) in [6.07, 6.45) is 3.10. The van der Waals surface area contributed by atoms with Crippen LogP contribution in [0.2, 0.25) is 18.1 Å². The molecule has 0 amide bonds. The molecule has 1 aromatic heterocycles. The Kier molecular flexibility index (Phi) is 6.42. The molecule has 4 rings (SSSR count). The number of carbonyl (C=O) groups excluding carboxylic acids is 1. The predicted octanol–water partition coefficient (Wildman–Crippen LogP) is 6.62. The third-order valence-electron chi connectivity index (χ3n) is 7.45. The molecule has 1 heterocycles. The van der Waals surface area contributed by atoms with Gasteiger partial charge in [-0.1, -0.05) is 38.5 Å². The number of ketones is 1. The molecular weight excluding hydrogens is 462 g/mol. The van der Waals surface area contributed by atoms with E-state index in [1.807, 2.05) is 31.2 Å². The zero-order valence-corrected chi connectivity index (χ0v) is 22.9. The highest BCUT2D eigenvalue weighted by molar-refractivity contribution is 7.90. The van der Waals surface area contributed by atoms with Crippen LogP contribution in [0.1, 0.15) is 67.2 Å². The first-order valence-corrected chi connectivity index (χ1v) is 16.3. The summed E-state index contributed by atoms with van der Waals surface area (Å²) in [4.78, 5) is 13.0. The smallest absolute Gasteiger partial charge is 0.268 e. The van der Waals surface area contributed by atoms with Crippen LogP contribution in [0.3, 0.4) is 0 Å². The van der Waals surface area contributed by atoms with Crippen molar-refractivity contribution >= 4 is 35.0 Å². The zero-order valence-electron chi connectivity index (χ0n) is 21.1. The first kappa shape index (κ1) is 24.9. The zero-order chi connectivity index (χ0) is 24.9. The van der Waals surface area contributed by atoms with E-state index in [4.69, 9.17) is 4.43 Å². The summed E-state index contributed by atoms with van der Waals surface area (Å²) < 4.78 is 35.7. The molecule has 0 aliphatic heterocycles. The molecule has 0 unspecified atom stereocenters. The molecule has 7 heteroatoms. The molecule has 0 bridgehead atoms. The van der Waals surface area contributed by atoms with Crippen LogP contribution in [0.5, 0.6) is 0 Å². The molecule has 0 N–H and O–H groups in total. The fourth-order valence-corrected chi connectivity index (χ4v) is 6.76. The summed E-state index contributed by atoms with van der Waals surface area (Å²) >= 11 is 0. The molecule has 0 atom stereocenters. The number of nitrogens with zero attached hydrogens (tertiary/aromatic N) is 1. The molecule has 34 heavy (non-hydrogen) atoms. The molecule has 3 aromatic rings. The first-order valence-electron chi connectivity index (χ1n) is 12.0. The van der Waals surface area contributed by atoms with E-state index in [1.165, 1.54) is 3.97 Å². The van der Waals surface area contributed by atoms with Gasteiger partial charge < -0.3 is 4.43 Å². The van der Waals surface area contributed by atoms with Gasteiger partial charge in [-0.25, -0.2) is 12.4 Å². The highest BCUT2D eigenvalue weighted by Crippen LogP contribution is 2.38. The summed E-state index contributed by atoms with van der Waals surface area (Å²) in [6, 6.07) is 12.5. The van der Waals surface area contributed by atoms with Gasteiger partial charge in [0.25, 0.3) is 10.0 Å². The van der Waals surface area contributed by atoms with Crippen molar-refractivity contribution in [3.8, 4) is 0 Å². The average molecular weight is 498 g/mol. The van der Waals surface area contributed by atoms with Crippen molar-refractivity contribution in [3.63, 3.8) is 0 Å². The predicted molar refractivity (Wildman–Crippen MR) is 140 cm³/mol. The lowest BCUT2D eigenvalue weighted by Gasteiger charge is -2.36. The summed E-state index contributed by atoms with van der Waals surface area (Å²) in [7, 11) is -5.97. The van der Waals surface area contributed by atoms with E-state index in [2.05, 4.69) is 33.9 Å². The van der Waals surface area contributed by atoms with E-state index >= 15 is 0 Å². The van der Waals surface area contributed by atoms with Crippen LogP contribution in [0.25, 0.3) is 10.9 Å². The molecule has 1 aliphatic carbocycles. The third kappa shape index (κ3) is 4.41. The normalized spacial score (nSPS) is 15.4. The van der Waals surface area contributed by atoms with Crippen molar-refractivity contribution in [3.05, 3.63) is 64.8 Å². The fraction of sp³-hybridized carbons (Fsp3) is 0.444. The number of benzene rings is 2. The largest absolute Gasteiger partial charge is 0.411 e. The second-order valence-electron chi connectivity index (χ2n) is 10.9. The SMILES string of the molecule is Cc1ccc(S(=O)(=O)n2c(CO[Si](C)(C)C(C)(C)C)cc3c4c(ccc32)C(=O)CCCC4)cc1. The number of aryl methyl sites for hydroxylation is 2. The Morgan fingerprint density at radius 2 is 1.65 bits per heavy atom. The monoisotopic (exact) mass is 497 g/mol. The second-order valence-corrected chi connectivity index (χ2v) is 17.5. The number of Topliss-reactive ketones (excluding diaryl/α,β-unsaturated/α-hetero) is 1. The minimum Gasteiger partial charge on any atom is -0.411 e. The quantitative estimate of drug-likeness (QED) is 0.294. The van der Waals surface area contributed by atoms with E-state index in [9.17, 15) is 13.2 Å². The topological polar surface area (TPSA) is 65.4 Å². The Bertz CT molecular complexity index is 1350. The molecule has 182 valence electrons. The van der Waals surface area contributed by atoms with Gasteiger partial charge in [0, 0.05) is 17.4 Å². The van der Waals surface area contributed by atoms with Crippen molar-refractivity contribution < 1.29 is 17.6 Å². The third-order valence-corrected chi connectivity index (χ3v) is 13.7.